The molecular weight excluding hydrogens is 279 g/mol. The topological polar surface area (TPSA) is 18.5 Å². The molecule has 0 N–H and O–H groups in total. The van der Waals surface area contributed by atoms with Gasteiger partial charge < -0.3 is 9.31 Å². The van der Waals surface area contributed by atoms with E-state index in [1.165, 1.54) is 24.8 Å². The van der Waals surface area contributed by atoms with Crippen LogP contribution in [0.1, 0.15) is 56.9 Å². The Bertz CT molecular complexity index is 497. The largest absolute Gasteiger partial charge is 0.558 e. The Balaban J connectivity index is 1.86. The van der Waals surface area contributed by atoms with E-state index in [9.17, 15) is 0 Å². The smallest absolute Gasteiger partial charge is 0.317 e. The lowest BCUT2D eigenvalue weighted by Gasteiger charge is -2.47. The lowest BCUT2D eigenvalue weighted by Crippen LogP contribution is -2.50. The van der Waals surface area contributed by atoms with Crippen LogP contribution in [0.25, 0.3) is 0 Å². The molecule has 1 aromatic heterocycles. The van der Waals surface area contributed by atoms with E-state index in [-0.39, 0.29) is 0 Å². The van der Waals surface area contributed by atoms with Crippen molar-refractivity contribution in [1.29, 1.82) is 0 Å². The van der Waals surface area contributed by atoms with Crippen LogP contribution < -0.4 is 0 Å². The summed E-state index contributed by atoms with van der Waals surface area (Å²) in [6.07, 6.45) is 6.71. The monoisotopic (exact) mass is 303 g/mol. The maximum Gasteiger partial charge on any atom is 0.317 e. The first-order valence-electron chi connectivity index (χ1n) is 8.30. The molecule has 1 saturated heterocycles. The Kier molecular flexibility index (Phi) is 5.05. The van der Waals surface area contributed by atoms with Gasteiger partial charge in [-0.3, -0.25) is 0 Å². The van der Waals surface area contributed by atoms with Crippen molar-refractivity contribution in [2.45, 2.75) is 57.2 Å². The van der Waals surface area contributed by atoms with Crippen LogP contribution in [0.2, 0.25) is 5.82 Å². The predicted molar refractivity (Wildman–Crippen MR) is 89.6 cm³/mol. The summed E-state index contributed by atoms with van der Waals surface area (Å²) in [7, 11) is 0. The van der Waals surface area contributed by atoms with Gasteiger partial charge in [-0.05, 0) is 47.6 Å². The number of hydrogen-bond donors (Lipinski definition) is 0. The van der Waals surface area contributed by atoms with Crippen molar-refractivity contribution >= 4 is 17.9 Å². The fourth-order valence-corrected chi connectivity index (χ4v) is 4.54. The Morgan fingerprint density at radius 1 is 1.29 bits per heavy atom. The molecule has 0 radical (unpaired) electrons. The molecule has 2 aliphatic rings. The maximum absolute atomic E-state index is 6.19. The molecule has 0 aromatic carbocycles. The van der Waals surface area contributed by atoms with Crippen LogP contribution in [0.4, 0.5) is 0 Å². The van der Waals surface area contributed by atoms with E-state index in [2.05, 4.69) is 35.5 Å². The van der Waals surface area contributed by atoms with Gasteiger partial charge in [0.1, 0.15) is 0 Å². The predicted octanol–water partition coefficient (Wildman–Crippen LogP) is 4.61. The van der Waals surface area contributed by atoms with Crippen molar-refractivity contribution in [2.75, 3.05) is 13.2 Å². The van der Waals surface area contributed by atoms with Crippen molar-refractivity contribution < 1.29 is 9.31 Å². The third-order valence-corrected chi connectivity index (χ3v) is 5.50. The number of hydrogen-bond acceptors (Lipinski definition) is 3. The highest BCUT2D eigenvalue weighted by Gasteiger charge is 2.43. The molecule has 0 amide bonds. The first kappa shape index (κ1) is 15.2. The van der Waals surface area contributed by atoms with E-state index >= 15 is 0 Å². The third-order valence-electron chi connectivity index (χ3n) is 4.80. The summed E-state index contributed by atoms with van der Waals surface area (Å²) < 4.78 is 12.4. The minimum absolute atomic E-state index is 0.434. The lowest BCUT2D eigenvalue weighted by atomic mass is 9.44. The van der Waals surface area contributed by atoms with Gasteiger partial charge in [0.2, 0.25) is 0 Å². The lowest BCUT2D eigenvalue weighted by molar-refractivity contribution is 0.110. The average molecular weight is 303 g/mol. The van der Waals surface area contributed by atoms with Crippen molar-refractivity contribution in [2.24, 2.45) is 0 Å². The van der Waals surface area contributed by atoms with Gasteiger partial charge in [-0.1, -0.05) is 25.6 Å². The Labute approximate surface area is 132 Å². The van der Waals surface area contributed by atoms with Gasteiger partial charge >= 0.3 is 6.55 Å². The summed E-state index contributed by atoms with van der Waals surface area (Å²) in [5.74, 6) is 7.76. The zero-order valence-corrected chi connectivity index (χ0v) is 13.7. The minimum Gasteiger partial charge on any atom is -0.558 e. The molecule has 21 heavy (non-hydrogen) atoms. The fraction of sp³-hybridized carbons (Fsp3) is 0.647. The molecular formula is C17H24BO2S-. The van der Waals surface area contributed by atoms with Gasteiger partial charge in [0.15, 0.2) is 0 Å². The molecule has 4 heteroatoms. The Morgan fingerprint density at radius 3 is 2.86 bits per heavy atom. The van der Waals surface area contributed by atoms with Gasteiger partial charge in [-0.2, -0.15) is 11.3 Å². The summed E-state index contributed by atoms with van der Waals surface area (Å²) in [5.41, 5.74) is 1.46. The highest BCUT2D eigenvalue weighted by molar-refractivity contribution is 7.08. The van der Waals surface area contributed by atoms with Crippen molar-refractivity contribution in [3.8, 4) is 11.7 Å². The standard InChI is InChI=1S/C17H24BO2S/c1-2-3-4-10-18(19-11-6-12-20-18)17-8-5-7-16(17)15-9-13-21-14-15/h9,13-14,16-17H,2-3,5-8,11-12H2,1H3/q-1/t16-,17+/m1/s1. The van der Waals surface area contributed by atoms with Gasteiger partial charge in [-0.25, -0.2) is 5.82 Å². The van der Waals surface area contributed by atoms with Crippen LogP contribution in [-0.4, -0.2) is 19.8 Å². The molecule has 0 bridgehead atoms. The number of thiophene rings is 1. The van der Waals surface area contributed by atoms with Crippen LogP contribution in [0, 0.1) is 11.7 Å². The van der Waals surface area contributed by atoms with Crippen LogP contribution in [0.15, 0.2) is 16.8 Å². The second-order valence-electron chi connectivity index (χ2n) is 6.19. The molecule has 0 unspecified atom stereocenters. The highest BCUT2D eigenvalue weighted by Crippen LogP contribution is 2.50. The summed E-state index contributed by atoms with van der Waals surface area (Å²) in [4.78, 5) is 0. The molecule has 3 rings (SSSR count). The number of rotatable bonds is 3. The van der Waals surface area contributed by atoms with Crippen molar-refractivity contribution in [1.82, 2.24) is 0 Å². The van der Waals surface area contributed by atoms with E-state index in [4.69, 9.17) is 9.31 Å². The molecule has 2 fully saturated rings. The van der Waals surface area contributed by atoms with Crippen LogP contribution in [-0.2, 0) is 9.31 Å². The third kappa shape index (κ3) is 3.21. The molecule has 114 valence electrons. The molecule has 1 saturated carbocycles. The molecule has 1 aromatic rings. The highest BCUT2D eigenvalue weighted by atomic mass is 32.1. The number of unbranched alkanes of at least 4 members (excludes halogenated alkanes) is 1. The van der Waals surface area contributed by atoms with E-state index in [0.29, 0.717) is 11.7 Å². The zero-order valence-electron chi connectivity index (χ0n) is 12.8. The second kappa shape index (κ2) is 7.00. The maximum atomic E-state index is 6.19. The molecule has 2 nitrogen and oxygen atoms in total. The quantitative estimate of drug-likeness (QED) is 0.600. The SMILES string of the molecule is CCCC#C[B-]1([C@H]2CCC[C@@H]2c2ccsc2)OCCCO1. The van der Waals surface area contributed by atoms with Gasteiger partial charge in [0.05, 0.1) is 0 Å². The summed E-state index contributed by atoms with van der Waals surface area (Å²) in [5, 5.41) is 4.46. The summed E-state index contributed by atoms with van der Waals surface area (Å²) in [6, 6.07) is 2.26. The molecule has 2 atom stereocenters. The van der Waals surface area contributed by atoms with Gasteiger partial charge in [0, 0.05) is 19.6 Å². The van der Waals surface area contributed by atoms with Crippen LogP contribution >= 0.6 is 11.3 Å². The van der Waals surface area contributed by atoms with E-state index in [1.807, 2.05) is 0 Å². The molecule has 1 aliphatic carbocycles. The normalized spacial score (nSPS) is 28.0. The van der Waals surface area contributed by atoms with Gasteiger partial charge in [0.25, 0.3) is 0 Å². The molecule has 2 heterocycles. The van der Waals surface area contributed by atoms with Crippen LogP contribution in [0.5, 0.6) is 0 Å². The summed E-state index contributed by atoms with van der Waals surface area (Å²) >= 11 is 1.78. The average Bonchev–Trinajstić information content (AvgIpc) is 3.19. The summed E-state index contributed by atoms with van der Waals surface area (Å²) in [6.45, 7) is 2.34. The zero-order chi connectivity index (χ0) is 14.5. The van der Waals surface area contributed by atoms with E-state index < -0.39 is 6.55 Å². The second-order valence-corrected chi connectivity index (χ2v) is 6.97. The Hall–Kier alpha value is -0.755. The fourth-order valence-electron chi connectivity index (χ4n) is 3.81. The molecule has 0 spiro atoms. The van der Waals surface area contributed by atoms with Crippen LogP contribution in [0.3, 0.4) is 0 Å². The first-order valence-corrected chi connectivity index (χ1v) is 9.24. The van der Waals surface area contributed by atoms with E-state index in [1.54, 1.807) is 11.3 Å². The van der Waals surface area contributed by atoms with Crippen molar-refractivity contribution in [3.63, 3.8) is 0 Å². The Morgan fingerprint density at radius 2 is 2.14 bits per heavy atom. The van der Waals surface area contributed by atoms with Crippen molar-refractivity contribution in [3.05, 3.63) is 22.4 Å². The van der Waals surface area contributed by atoms with Gasteiger partial charge in [-0.15, -0.1) is 5.92 Å². The molecule has 1 aliphatic heterocycles. The minimum atomic E-state index is -1.42. The first-order chi connectivity index (χ1) is 10.4. The van der Waals surface area contributed by atoms with E-state index in [0.717, 1.165) is 32.5 Å².